The molecule has 0 saturated heterocycles. The van der Waals surface area contributed by atoms with Gasteiger partial charge in [0.1, 0.15) is 0 Å². The van der Waals surface area contributed by atoms with Crippen LogP contribution in [-0.4, -0.2) is 23.9 Å². The highest BCUT2D eigenvalue weighted by Crippen LogP contribution is 2.12. The Hall–Kier alpha value is -1.12. The molecule has 1 atom stereocenters. The van der Waals surface area contributed by atoms with Crippen LogP contribution in [-0.2, 0) is 4.74 Å². The van der Waals surface area contributed by atoms with Crippen molar-refractivity contribution in [2.45, 2.75) is 59.7 Å². The summed E-state index contributed by atoms with van der Waals surface area (Å²) in [6.45, 7) is 12.0. The van der Waals surface area contributed by atoms with Gasteiger partial charge in [-0.2, -0.15) is 0 Å². The van der Waals surface area contributed by atoms with Gasteiger partial charge in [-0.15, -0.1) is 0 Å². The molecule has 114 valence electrons. The Bertz CT molecular complexity index is 404. The van der Waals surface area contributed by atoms with E-state index in [4.69, 9.17) is 4.74 Å². The number of rotatable bonds is 7. The summed E-state index contributed by atoms with van der Waals surface area (Å²) in [4.78, 5) is 0. The molecular weight excluding hydrogens is 248 g/mol. The van der Waals surface area contributed by atoms with Crippen LogP contribution in [0, 0.1) is 0 Å². The molecule has 0 rings (SSSR count). The van der Waals surface area contributed by atoms with Gasteiger partial charge in [0.2, 0.25) is 0 Å². The Labute approximate surface area is 124 Å². The van der Waals surface area contributed by atoms with E-state index in [1.807, 2.05) is 19.1 Å². The number of hydrogen-bond acceptors (Lipinski definition) is 2. The second-order valence-electron chi connectivity index (χ2n) is 5.76. The molecule has 0 aliphatic rings. The molecule has 0 radical (unpaired) electrons. The predicted octanol–water partition coefficient (Wildman–Crippen LogP) is 4.58. The summed E-state index contributed by atoms with van der Waals surface area (Å²) in [7, 11) is 1.67. The van der Waals surface area contributed by atoms with Crippen molar-refractivity contribution in [1.29, 1.82) is 0 Å². The van der Waals surface area contributed by atoms with Crippen LogP contribution in [0.4, 0.5) is 0 Å². The fourth-order valence-electron chi connectivity index (χ4n) is 1.60. The largest absolute Gasteiger partial charge is 0.386 e. The zero-order valence-corrected chi connectivity index (χ0v) is 14.0. The van der Waals surface area contributed by atoms with Crippen LogP contribution in [0.25, 0.3) is 0 Å². The molecule has 0 aromatic heterocycles. The molecule has 0 saturated carbocycles. The van der Waals surface area contributed by atoms with Crippen molar-refractivity contribution >= 4 is 0 Å². The molecule has 0 aliphatic carbocycles. The monoisotopic (exact) mass is 278 g/mol. The van der Waals surface area contributed by atoms with Crippen LogP contribution in [0.5, 0.6) is 0 Å². The summed E-state index contributed by atoms with van der Waals surface area (Å²) in [6, 6.07) is 0. The third kappa shape index (κ3) is 8.13. The number of allylic oxidation sites excluding steroid dienone is 5. The predicted molar refractivity (Wildman–Crippen MR) is 87.8 cm³/mol. The molecule has 0 aliphatic heterocycles. The number of hydrogen-bond donors (Lipinski definition) is 1. The van der Waals surface area contributed by atoms with Gasteiger partial charge in [0.05, 0.1) is 11.7 Å². The second-order valence-corrected chi connectivity index (χ2v) is 5.76. The molecule has 0 spiro atoms. The Morgan fingerprint density at radius 2 is 1.85 bits per heavy atom. The van der Waals surface area contributed by atoms with E-state index in [-0.39, 0.29) is 6.10 Å². The fourth-order valence-corrected chi connectivity index (χ4v) is 1.60. The first kappa shape index (κ1) is 18.9. The van der Waals surface area contributed by atoms with Crippen LogP contribution in [0.3, 0.4) is 0 Å². The molecule has 1 N–H and O–H groups in total. The van der Waals surface area contributed by atoms with Crippen molar-refractivity contribution in [3.63, 3.8) is 0 Å². The van der Waals surface area contributed by atoms with Gasteiger partial charge in [0.25, 0.3) is 0 Å². The molecule has 0 fully saturated rings. The van der Waals surface area contributed by atoms with E-state index in [1.54, 1.807) is 27.0 Å². The van der Waals surface area contributed by atoms with E-state index in [9.17, 15) is 5.11 Å². The van der Waals surface area contributed by atoms with Crippen molar-refractivity contribution in [1.82, 2.24) is 0 Å². The number of ether oxygens (including phenoxy) is 1. The fraction of sp³-hybridized carbons (Fsp3) is 0.556. The summed E-state index contributed by atoms with van der Waals surface area (Å²) in [5.41, 5.74) is 2.99. The average molecular weight is 278 g/mol. The van der Waals surface area contributed by atoms with Gasteiger partial charge >= 0.3 is 0 Å². The minimum atomic E-state index is -0.815. The van der Waals surface area contributed by atoms with E-state index in [0.717, 1.165) is 12.0 Å². The maximum absolute atomic E-state index is 9.70. The first-order valence-corrected chi connectivity index (χ1v) is 7.17. The third-order valence-electron chi connectivity index (χ3n) is 3.29. The standard InChI is InChI=1S/C18H30O2/c1-8-14(2)15(3)10-9-11-16(4)17(20-7)12-13-18(5,6)19/h9-13,17,19H,8H2,1-7H3/b10-9+,13-12+,15-14+,16-11+. The minimum Gasteiger partial charge on any atom is -0.386 e. The zero-order valence-electron chi connectivity index (χ0n) is 14.0. The first-order valence-electron chi connectivity index (χ1n) is 7.17. The van der Waals surface area contributed by atoms with Crippen LogP contribution < -0.4 is 0 Å². The highest BCUT2D eigenvalue weighted by Gasteiger charge is 2.10. The summed E-state index contributed by atoms with van der Waals surface area (Å²) in [5, 5.41) is 9.70. The lowest BCUT2D eigenvalue weighted by atomic mass is 10.0. The molecule has 0 amide bonds. The maximum atomic E-state index is 9.70. The van der Waals surface area contributed by atoms with Crippen molar-refractivity contribution in [3.05, 3.63) is 47.1 Å². The van der Waals surface area contributed by atoms with Gasteiger partial charge in [-0.3, -0.25) is 0 Å². The van der Waals surface area contributed by atoms with E-state index in [2.05, 4.69) is 32.9 Å². The molecule has 0 aromatic carbocycles. The summed E-state index contributed by atoms with van der Waals surface area (Å²) in [5.74, 6) is 0. The maximum Gasteiger partial charge on any atom is 0.0964 e. The zero-order chi connectivity index (χ0) is 15.8. The minimum absolute atomic E-state index is 0.109. The first-order chi connectivity index (χ1) is 9.21. The van der Waals surface area contributed by atoms with E-state index in [0.29, 0.717) is 0 Å². The molecule has 0 bridgehead atoms. The Morgan fingerprint density at radius 3 is 2.30 bits per heavy atom. The smallest absolute Gasteiger partial charge is 0.0964 e. The lowest BCUT2D eigenvalue weighted by molar-refractivity contribution is 0.128. The summed E-state index contributed by atoms with van der Waals surface area (Å²) >= 11 is 0. The molecule has 0 heterocycles. The van der Waals surface area contributed by atoms with Gasteiger partial charge in [0.15, 0.2) is 0 Å². The molecule has 20 heavy (non-hydrogen) atoms. The molecule has 1 unspecified atom stereocenters. The van der Waals surface area contributed by atoms with Crippen molar-refractivity contribution in [2.24, 2.45) is 0 Å². The summed E-state index contributed by atoms with van der Waals surface area (Å²) < 4.78 is 5.42. The lowest BCUT2D eigenvalue weighted by Crippen LogP contribution is -2.16. The highest BCUT2D eigenvalue weighted by atomic mass is 16.5. The number of aliphatic hydroxyl groups is 1. The van der Waals surface area contributed by atoms with Gasteiger partial charge in [-0.05, 0) is 46.6 Å². The Kier molecular flexibility index (Phi) is 8.43. The number of methoxy groups -OCH3 is 1. The van der Waals surface area contributed by atoms with Crippen molar-refractivity contribution in [3.8, 4) is 0 Å². The second kappa shape index (κ2) is 8.93. The van der Waals surface area contributed by atoms with Crippen LogP contribution in [0.1, 0.15) is 48.0 Å². The normalized spacial score (nSPS) is 16.9. The van der Waals surface area contributed by atoms with Gasteiger partial charge < -0.3 is 9.84 Å². The lowest BCUT2D eigenvalue weighted by Gasteiger charge is -2.15. The van der Waals surface area contributed by atoms with E-state index in [1.165, 1.54) is 11.1 Å². The van der Waals surface area contributed by atoms with E-state index < -0.39 is 5.60 Å². The third-order valence-corrected chi connectivity index (χ3v) is 3.29. The van der Waals surface area contributed by atoms with Crippen molar-refractivity contribution < 1.29 is 9.84 Å². The van der Waals surface area contributed by atoms with Gasteiger partial charge in [0, 0.05) is 7.11 Å². The van der Waals surface area contributed by atoms with Crippen LogP contribution in [0.2, 0.25) is 0 Å². The van der Waals surface area contributed by atoms with Gasteiger partial charge in [-0.1, -0.05) is 48.5 Å². The molecule has 0 aromatic rings. The quantitative estimate of drug-likeness (QED) is 0.545. The van der Waals surface area contributed by atoms with Crippen LogP contribution >= 0.6 is 0 Å². The topological polar surface area (TPSA) is 29.5 Å². The van der Waals surface area contributed by atoms with Gasteiger partial charge in [-0.25, -0.2) is 0 Å². The van der Waals surface area contributed by atoms with Crippen LogP contribution in [0.15, 0.2) is 47.1 Å². The highest BCUT2D eigenvalue weighted by molar-refractivity contribution is 5.28. The average Bonchev–Trinajstić information content (AvgIpc) is 2.36. The Balaban J connectivity index is 4.86. The summed E-state index contributed by atoms with van der Waals surface area (Å²) in [6.07, 6.45) is 10.8. The Morgan fingerprint density at radius 1 is 1.25 bits per heavy atom. The molecular formula is C18H30O2. The molecule has 2 nitrogen and oxygen atoms in total. The van der Waals surface area contributed by atoms with E-state index >= 15 is 0 Å². The molecule has 2 heteroatoms. The van der Waals surface area contributed by atoms with Crippen molar-refractivity contribution in [2.75, 3.05) is 7.11 Å². The SMILES string of the molecule is CC/C(C)=C(C)/C=C/C=C(\C)C(/C=C/C(C)(C)O)OC.